The first kappa shape index (κ1) is 19.3. The molecule has 1 aliphatic rings. The second-order valence-electron chi connectivity index (χ2n) is 7.12. The average molecular weight is 347 g/mol. The number of hydrogen-bond donors (Lipinski definition) is 0. The highest BCUT2D eigenvalue weighted by Crippen LogP contribution is 2.44. The van der Waals surface area contributed by atoms with Gasteiger partial charge in [0.1, 0.15) is 17.6 Å². The minimum Gasteiger partial charge on any atom is -0.469 e. The molecule has 25 heavy (non-hydrogen) atoms. The predicted molar refractivity (Wildman–Crippen MR) is 97.7 cm³/mol. The molecule has 0 N–H and O–H groups in total. The number of nitrogens with zero attached hydrogens (tertiary/aromatic N) is 3. The molecule has 6 nitrogen and oxygen atoms in total. The number of aromatic nitrogens is 2. The smallest absolute Gasteiger partial charge is 0.351 e. The first-order valence-corrected chi connectivity index (χ1v) is 9.16. The summed E-state index contributed by atoms with van der Waals surface area (Å²) in [4.78, 5) is 19.4. The Balaban J connectivity index is 2.32. The molecule has 0 aromatic carbocycles. The van der Waals surface area contributed by atoms with Crippen molar-refractivity contribution >= 4 is 5.69 Å². The summed E-state index contributed by atoms with van der Waals surface area (Å²) < 4.78 is 6.20. The van der Waals surface area contributed by atoms with Crippen LogP contribution in [-0.2, 0) is 0 Å². The third kappa shape index (κ3) is 4.35. The SMILES string of the molecule is C=CCC[C@H]1C[C@H](CCC)[C@@H](C)[C@H]1Oc1nc(C)nc(C)c1[N+](=O)[O-]. The normalized spacial score (nSPS) is 25.8. The Morgan fingerprint density at radius 3 is 2.64 bits per heavy atom. The number of allylic oxidation sites excluding steroid dienone is 1. The van der Waals surface area contributed by atoms with Gasteiger partial charge in [0.15, 0.2) is 0 Å². The maximum absolute atomic E-state index is 11.5. The lowest BCUT2D eigenvalue weighted by molar-refractivity contribution is -0.387. The topological polar surface area (TPSA) is 78.2 Å². The van der Waals surface area contributed by atoms with Crippen molar-refractivity contribution in [1.82, 2.24) is 9.97 Å². The van der Waals surface area contributed by atoms with Crippen LogP contribution in [-0.4, -0.2) is 21.0 Å². The second kappa shape index (κ2) is 8.41. The molecule has 0 saturated heterocycles. The molecule has 1 aromatic heterocycles. The van der Waals surface area contributed by atoms with Gasteiger partial charge in [-0.05, 0) is 50.9 Å². The molecule has 1 aliphatic carbocycles. The zero-order chi connectivity index (χ0) is 18.6. The molecule has 0 unspecified atom stereocenters. The maximum Gasteiger partial charge on any atom is 0.351 e. The van der Waals surface area contributed by atoms with E-state index in [1.807, 2.05) is 6.08 Å². The first-order valence-electron chi connectivity index (χ1n) is 9.16. The van der Waals surface area contributed by atoms with Gasteiger partial charge in [-0.1, -0.05) is 32.8 Å². The molecule has 0 bridgehead atoms. The summed E-state index contributed by atoms with van der Waals surface area (Å²) in [5, 5.41) is 11.5. The van der Waals surface area contributed by atoms with Gasteiger partial charge in [-0.15, -0.1) is 6.58 Å². The molecule has 6 heteroatoms. The van der Waals surface area contributed by atoms with E-state index in [9.17, 15) is 10.1 Å². The van der Waals surface area contributed by atoms with Gasteiger partial charge >= 0.3 is 5.69 Å². The van der Waals surface area contributed by atoms with Crippen LogP contribution in [0.5, 0.6) is 5.88 Å². The molecule has 0 radical (unpaired) electrons. The lowest BCUT2D eigenvalue weighted by atomic mass is 9.93. The van der Waals surface area contributed by atoms with E-state index < -0.39 is 4.92 Å². The third-order valence-corrected chi connectivity index (χ3v) is 5.30. The Morgan fingerprint density at radius 1 is 1.32 bits per heavy atom. The Morgan fingerprint density at radius 2 is 2.04 bits per heavy atom. The quantitative estimate of drug-likeness (QED) is 0.384. The average Bonchev–Trinajstić information content (AvgIpc) is 2.81. The highest BCUT2D eigenvalue weighted by Gasteiger charge is 2.42. The standard InChI is InChI=1S/C19H29N3O3/c1-6-8-10-16-11-15(9-7-2)12(3)18(16)25-19-17(22(23)24)13(4)20-14(5)21-19/h6,12,15-16,18H,1,7-11H2,2-5H3/t12-,15+,16+,18-/m1/s1. The van der Waals surface area contributed by atoms with E-state index in [0.717, 1.165) is 32.1 Å². The van der Waals surface area contributed by atoms with Crippen LogP contribution < -0.4 is 4.74 Å². The molecule has 0 spiro atoms. The zero-order valence-electron chi connectivity index (χ0n) is 15.7. The number of hydrogen-bond acceptors (Lipinski definition) is 5. The molecular formula is C19H29N3O3. The summed E-state index contributed by atoms with van der Waals surface area (Å²) in [7, 11) is 0. The molecule has 138 valence electrons. The summed E-state index contributed by atoms with van der Waals surface area (Å²) in [6.07, 6.45) is 7.21. The molecule has 2 rings (SSSR count). The van der Waals surface area contributed by atoms with Gasteiger partial charge in [0, 0.05) is 0 Å². The van der Waals surface area contributed by atoms with Crippen LogP contribution in [0.4, 0.5) is 5.69 Å². The van der Waals surface area contributed by atoms with Crippen molar-refractivity contribution in [2.24, 2.45) is 17.8 Å². The number of nitro groups is 1. The van der Waals surface area contributed by atoms with Crippen molar-refractivity contribution in [3.05, 3.63) is 34.3 Å². The van der Waals surface area contributed by atoms with Gasteiger partial charge < -0.3 is 4.74 Å². The number of rotatable bonds is 8. The van der Waals surface area contributed by atoms with E-state index in [2.05, 4.69) is 30.4 Å². The Hall–Kier alpha value is -1.98. The highest BCUT2D eigenvalue weighted by molar-refractivity contribution is 5.44. The Kier molecular flexibility index (Phi) is 6.51. The molecule has 1 heterocycles. The summed E-state index contributed by atoms with van der Waals surface area (Å²) in [6, 6.07) is 0. The van der Waals surface area contributed by atoms with Crippen LogP contribution in [0.1, 0.15) is 57.5 Å². The molecule has 0 amide bonds. The molecular weight excluding hydrogens is 318 g/mol. The van der Waals surface area contributed by atoms with Crippen molar-refractivity contribution in [3.8, 4) is 5.88 Å². The minimum absolute atomic E-state index is 0.0519. The van der Waals surface area contributed by atoms with Crippen LogP contribution in [0.25, 0.3) is 0 Å². The maximum atomic E-state index is 11.5. The number of ether oxygens (including phenoxy) is 1. The number of aryl methyl sites for hydroxylation is 2. The second-order valence-corrected chi connectivity index (χ2v) is 7.12. The summed E-state index contributed by atoms with van der Waals surface area (Å²) in [5.41, 5.74) is 0.241. The van der Waals surface area contributed by atoms with Crippen molar-refractivity contribution in [1.29, 1.82) is 0 Å². The van der Waals surface area contributed by atoms with E-state index in [1.54, 1.807) is 13.8 Å². The predicted octanol–water partition coefficient (Wildman–Crippen LogP) is 4.79. The lowest BCUT2D eigenvalue weighted by Gasteiger charge is -2.24. The van der Waals surface area contributed by atoms with Crippen molar-refractivity contribution in [3.63, 3.8) is 0 Å². The van der Waals surface area contributed by atoms with E-state index in [1.165, 1.54) is 0 Å². The fourth-order valence-electron chi connectivity index (χ4n) is 4.10. The van der Waals surface area contributed by atoms with Crippen LogP contribution in [0, 0.1) is 41.7 Å². The Bertz CT molecular complexity index is 633. The fourth-order valence-corrected chi connectivity index (χ4v) is 4.10. The summed E-state index contributed by atoms with van der Waals surface area (Å²) >= 11 is 0. The largest absolute Gasteiger partial charge is 0.469 e. The van der Waals surface area contributed by atoms with Gasteiger partial charge in [0.2, 0.25) is 0 Å². The van der Waals surface area contributed by atoms with Crippen molar-refractivity contribution in [2.45, 2.75) is 65.9 Å². The summed E-state index contributed by atoms with van der Waals surface area (Å²) in [5.74, 6) is 1.93. The lowest BCUT2D eigenvalue weighted by Crippen LogP contribution is -2.29. The van der Waals surface area contributed by atoms with E-state index >= 15 is 0 Å². The van der Waals surface area contributed by atoms with Crippen molar-refractivity contribution < 1.29 is 9.66 Å². The molecule has 4 atom stereocenters. The van der Waals surface area contributed by atoms with Gasteiger partial charge in [-0.25, -0.2) is 4.98 Å². The van der Waals surface area contributed by atoms with Gasteiger partial charge in [-0.2, -0.15) is 4.98 Å². The van der Waals surface area contributed by atoms with Crippen molar-refractivity contribution in [2.75, 3.05) is 0 Å². The monoisotopic (exact) mass is 347 g/mol. The highest BCUT2D eigenvalue weighted by atomic mass is 16.6. The molecule has 1 saturated carbocycles. The van der Waals surface area contributed by atoms with Crippen LogP contribution in [0.2, 0.25) is 0 Å². The Labute approximate surface area is 149 Å². The van der Waals surface area contributed by atoms with Crippen LogP contribution in [0.15, 0.2) is 12.7 Å². The van der Waals surface area contributed by atoms with Gasteiger partial charge in [0.05, 0.1) is 4.92 Å². The minimum atomic E-state index is -0.438. The van der Waals surface area contributed by atoms with Gasteiger partial charge in [0.25, 0.3) is 5.88 Å². The molecule has 1 aromatic rings. The molecule has 1 fully saturated rings. The first-order chi connectivity index (χ1) is 11.9. The van der Waals surface area contributed by atoms with Gasteiger partial charge in [-0.3, -0.25) is 10.1 Å². The fraction of sp³-hybridized carbons (Fsp3) is 0.684. The third-order valence-electron chi connectivity index (χ3n) is 5.30. The van der Waals surface area contributed by atoms with E-state index in [-0.39, 0.29) is 17.7 Å². The zero-order valence-corrected chi connectivity index (χ0v) is 15.7. The van der Waals surface area contributed by atoms with E-state index in [0.29, 0.717) is 29.3 Å². The van der Waals surface area contributed by atoms with Crippen LogP contribution in [0.3, 0.4) is 0 Å². The van der Waals surface area contributed by atoms with Crippen LogP contribution >= 0.6 is 0 Å². The van der Waals surface area contributed by atoms with E-state index in [4.69, 9.17) is 4.74 Å². The summed E-state index contributed by atoms with van der Waals surface area (Å²) in [6.45, 7) is 11.6. The molecule has 0 aliphatic heterocycles.